The number of para-hydroxylation sites is 1. The first kappa shape index (κ1) is 23.0. The fourth-order valence-corrected chi connectivity index (χ4v) is 4.60. The van der Waals surface area contributed by atoms with E-state index in [1.165, 1.54) is 30.3 Å². The molecule has 0 radical (unpaired) electrons. The second-order valence-electron chi connectivity index (χ2n) is 8.82. The van der Waals surface area contributed by atoms with E-state index in [0.717, 1.165) is 16.7 Å². The SMILES string of the molecule is Cc1cc(F)ccc1-c1nc(N[C@H]2CC[C@H](O)CC2)nc2c1ccc(=O)n2-c1c(F)cccc1F. The van der Waals surface area contributed by atoms with Gasteiger partial charge in [0.05, 0.1) is 11.8 Å². The molecule has 180 valence electrons. The molecule has 1 aliphatic rings. The van der Waals surface area contributed by atoms with Gasteiger partial charge in [0.25, 0.3) is 5.56 Å². The first-order chi connectivity index (χ1) is 16.8. The van der Waals surface area contributed by atoms with Crippen LogP contribution in [0.5, 0.6) is 0 Å². The topological polar surface area (TPSA) is 80.0 Å². The predicted molar refractivity (Wildman–Crippen MR) is 127 cm³/mol. The number of pyridine rings is 1. The third kappa shape index (κ3) is 4.39. The highest BCUT2D eigenvalue weighted by atomic mass is 19.1. The maximum absolute atomic E-state index is 14.8. The Bertz CT molecular complexity index is 1460. The average Bonchev–Trinajstić information content (AvgIpc) is 2.81. The number of fused-ring (bicyclic) bond motifs is 1. The molecule has 1 fully saturated rings. The van der Waals surface area contributed by atoms with Crippen LogP contribution in [0.15, 0.2) is 53.3 Å². The van der Waals surface area contributed by atoms with E-state index >= 15 is 0 Å². The van der Waals surface area contributed by atoms with Gasteiger partial charge in [-0.1, -0.05) is 6.07 Å². The second kappa shape index (κ2) is 9.14. The fourth-order valence-electron chi connectivity index (χ4n) is 4.60. The number of aliphatic hydroxyl groups excluding tert-OH is 1. The summed E-state index contributed by atoms with van der Waals surface area (Å²) in [6.45, 7) is 1.73. The summed E-state index contributed by atoms with van der Waals surface area (Å²) in [6.07, 6.45) is 2.28. The third-order valence-electron chi connectivity index (χ3n) is 6.38. The van der Waals surface area contributed by atoms with Crippen molar-refractivity contribution in [2.75, 3.05) is 5.32 Å². The number of hydrogen-bond donors (Lipinski definition) is 2. The van der Waals surface area contributed by atoms with Gasteiger partial charge in [-0.25, -0.2) is 18.2 Å². The number of halogens is 3. The number of aromatic nitrogens is 3. The molecule has 0 unspecified atom stereocenters. The van der Waals surface area contributed by atoms with Gasteiger partial charge in [-0.3, -0.25) is 9.36 Å². The van der Waals surface area contributed by atoms with Gasteiger partial charge in [0, 0.05) is 23.1 Å². The van der Waals surface area contributed by atoms with E-state index in [1.54, 1.807) is 13.0 Å². The maximum atomic E-state index is 14.8. The van der Waals surface area contributed by atoms with Crippen molar-refractivity contribution in [1.82, 2.24) is 14.5 Å². The molecule has 0 bridgehead atoms. The van der Waals surface area contributed by atoms with Crippen LogP contribution in [0, 0.1) is 24.4 Å². The zero-order valence-corrected chi connectivity index (χ0v) is 18.9. The number of hydrogen-bond acceptors (Lipinski definition) is 5. The van der Waals surface area contributed by atoms with Crippen molar-refractivity contribution in [3.8, 4) is 16.9 Å². The zero-order chi connectivity index (χ0) is 24.7. The summed E-state index contributed by atoms with van der Waals surface area (Å²) < 4.78 is 44.3. The van der Waals surface area contributed by atoms with Crippen LogP contribution in [0.25, 0.3) is 28.0 Å². The summed E-state index contributed by atoms with van der Waals surface area (Å²) in [5.41, 5.74) is 0.431. The number of anilines is 1. The van der Waals surface area contributed by atoms with Crippen LogP contribution in [-0.2, 0) is 0 Å². The largest absolute Gasteiger partial charge is 0.393 e. The molecule has 2 heterocycles. The highest BCUT2D eigenvalue weighted by Crippen LogP contribution is 2.32. The van der Waals surface area contributed by atoms with Crippen LogP contribution in [0.1, 0.15) is 31.2 Å². The number of aliphatic hydroxyl groups is 1. The van der Waals surface area contributed by atoms with Crippen LogP contribution < -0.4 is 10.9 Å². The van der Waals surface area contributed by atoms with E-state index in [0.29, 0.717) is 47.9 Å². The Kier molecular flexibility index (Phi) is 6.02. The Morgan fingerprint density at radius 3 is 2.37 bits per heavy atom. The molecule has 4 aromatic rings. The summed E-state index contributed by atoms with van der Waals surface area (Å²) in [5, 5.41) is 13.5. The molecule has 1 aliphatic carbocycles. The van der Waals surface area contributed by atoms with E-state index in [4.69, 9.17) is 0 Å². The number of benzene rings is 2. The van der Waals surface area contributed by atoms with Crippen molar-refractivity contribution in [2.45, 2.75) is 44.8 Å². The number of nitrogens with zero attached hydrogens (tertiary/aromatic N) is 3. The summed E-state index contributed by atoms with van der Waals surface area (Å²) >= 11 is 0. The van der Waals surface area contributed by atoms with E-state index in [-0.39, 0.29) is 23.7 Å². The van der Waals surface area contributed by atoms with Gasteiger partial charge in [0.15, 0.2) is 5.65 Å². The normalized spacial score (nSPS) is 18.1. The van der Waals surface area contributed by atoms with Gasteiger partial charge in [-0.05, 0) is 74.6 Å². The van der Waals surface area contributed by atoms with E-state index in [9.17, 15) is 23.1 Å². The summed E-state index contributed by atoms with van der Waals surface area (Å²) in [5.74, 6) is -2.05. The van der Waals surface area contributed by atoms with Gasteiger partial charge in [-0.15, -0.1) is 0 Å². The van der Waals surface area contributed by atoms with Crippen LogP contribution >= 0.6 is 0 Å². The molecule has 0 aliphatic heterocycles. The molecule has 9 heteroatoms. The second-order valence-corrected chi connectivity index (χ2v) is 8.82. The Hall–Kier alpha value is -3.72. The lowest BCUT2D eigenvalue weighted by Crippen LogP contribution is -2.29. The molecule has 0 spiro atoms. The van der Waals surface area contributed by atoms with E-state index < -0.39 is 28.7 Å². The first-order valence-electron chi connectivity index (χ1n) is 11.4. The van der Waals surface area contributed by atoms with Crippen LogP contribution in [0.2, 0.25) is 0 Å². The minimum Gasteiger partial charge on any atom is -0.393 e. The zero-order valence-electron chi connectivity index (χ0n) is 18.9. The Labute approximate surface area is 199 Å². The number of rotatable bonds is 4. The van der Waals surface area contributed by atoms with Crippen LogP contribution in [0.3, 0.4) is 0 Å². The van der Waals surface area contributed by atoms with Crippen molar-refractivity contribution in [3.05, 3.63) is 81.9 Å². The molecular weight excluding hydrogens is 457 g/mol. The monoisotopic (exact) mass is 480 g/mol. The third-order valence-corrected chi connectivity index (χ3v) is 6.38. The molecule has 0 atom stereocenters. The van der Waals surface area contributed by atoms with Crippen LogP contribution in [0.4, 0.5) is 19.1 Å². The molecule has 0 saturated heterocycles. The summed E-state index contributed by atoms with van der Waals surface area (Å²) in [6, 6.07) is 10.3. The fraction of sp³-hybridized carbons (Fsp3) is 0.269. The highest BCUT2D eigenvalue weighted by Gasteiger charge is 2.23. The molecule has 5 rings (SSSR count). The Morgan fingerprint density at radius 1 is 0.971 bits per heavy atom. The van der Waals surface area contributed by atoms with Crippen molar-refractivity contribution < 1.29 is 18.3 Å². The quantitative estimate of drug-likeness (QED) is 0.435. The molecule has 6 nitrogen and oxygen atoms in total. The molecule has 2 N–H and O–H groups in total. The van der Waals surface area contributed by atoms with Crippen molar-refractivity contribution in [2.24, 2.45) is 0 Å². The smallest absolute Gasteiger partial charge is 0.256 e. The van der Waals surface area contributed by atoms with Crippen molar-refractivity contribution in [1.29, 1.82) is 0 Å². The average molecular weight is 480 g/mol. The molecule has 1 saturated carbocycles. The van der Waals surface area contributed by atoms with Crippen LogP contribution in [-0.4, -0.2) is 31.8 Å². The van der Waals surface area contributed by atoms with Gasteiger partial charge < -0.3 is 10.4 Å². The van der Waals surface area contributed by atoms with Gasteiger partial charge in [0.2, 0.25) is 5.95 Å². The van der Waals surface area contributed by atoms with Gasteiger partial charge >= 0.3 is 0 Å². The summed E-state index contributed by atoms with van der Waals surface area (Å²) in [4.78, 5) is 22.1. The lowest BCUT2D eigenvalue weighted by atomic mass is 9.93. The number of nitrogens with one attached hydrogen (secondary N) is 1. The first-order valence-corrected chi connectivity index (χ1v) is 11.4. The highest BCUT2D eigenvalue weighted by molar-refractivity contribution is 5.93. The molecule has 0 amide bonds. The number of aryl methyl sites for hydroxylation is 1. The molecule has 2 aromatic heterocycles. The van der Waals surface area contributed by atoms with Gasteiger partial charge in [-0.2, -0.15) is 4.98 Å². The van der Waals surface area contributed by atoms with Crippen molar-refractivity contribution >= 4 is 17.0 Å². The maximum Gasteiger partial charge on any atom is 0.256 e. The standard InChI is InChI=1S/C26H23F3N4O2/c1-14-13-15(27)5-10-18(14)23-19-11-12-22(35)33(24-20(28)3-2-4-21(24)29)25(19)32-26(31-23)30-16-6-8-17(34)9-7-16/h2-5,10-13,16-17,34H,6-9H2,1H3,(H,30,31,32)/t16-,17-. The van der Waals surface area contributed by atoms with Crippen molar-refractivity contribution in [3.63, 3.8) is 0 Å². The predicted octanol–water partition coefficient (Wildman–Crippen LogP) is 4.89. The molecule has 2 aromatic carbocycles. The lowest BCUT2D eigenvalue weighted by Gasteiger charge is -2.26. The minimum absolute atomic E-state index is 0.0212. The van der Waals surface area contributed by atoms with E-state index in [2.05, 4.69) is 15.3 Å². The van der Waals surface area contributed by atoms with E-state index in [1.807, 2.05) is 0 Å². The van der Waals surface area contributed by atoms with Gasteiger partial charge in [0.1, 0.15) is 23.1 Å². The lowest BCUT2D eigenvalue weighted by molar-refractivity contribution is 0.126. The Morgan fingerprint density at radius 2 is 1.69 bits per heavy atom. The minimum atomic E-state index is -0.909. The Balaban J connectivity index is 1.77. The molecular formula is C26H23F3N4O2. The molecule has 35 heavy (non-hydrogen) atoms. The summed E-state index contributed by atoms with van der Waals surface area (Å²) in [7, 11) is 0.